The molecule has 8 heteroatoms. The third-order valence-electron chi connectivity index (χ3n) is 3.81. The maximum absolute atomic E-state index is 12.6. The van der Waals surface area contributed by atoms with Crippen LogP contribution in [-0.2, 0) is 0 Å². The predicted octanol–water partition coefficient (Wildman–Crippen LogP) is 1.78. The number of rotatable bonds is 4. The number of thiazole rings is 1. The maximum Gasteiger partial charge on any atom is 0.291 e. The van der Waals surface area contributed by atoms with Crippen LogP contribution in [0.15, 0.2) is 47.5 Å². The Balaban J connectivity index is 1.78. The SMILES string of the molecule is COc1ccc(C=c2sc3nc(-c4cccnc4)nn3c2=O)cc1OC. The number of ether oxygens (including phenoxy) is 2. The summed E-state index contributed by atoms with van der Waals surface area (Å²) in [5, 5.41) is 4.30. The molecule has 0 bridgehead atoms. The highest BCUT2D eigenvalue weighted by Crippen LogP contribution is 2.27. The van der Waals surface area contributed by atoms with Gasteiger partial charge in [-0.15, -0.1) is 5.10 Å². The first-order valence-corrected chi connectivity index (χ1v) is 8.55. The predicted molar refractivity (Wildman–Crippen MR) is 98.7 cm³/mol. The number of aromatic nitrogens is 4. The Morgan fingerprint density at radius 2 is 2.00 bits per heavy atom. The average Bonchev–Trinajstić information content (AvgIpc) is 3.22. The standard InChI is InChI=1S/C18H14N4O3S/c1-24-13-6-5-11(8-14(13)25-2)9-15-17(23)22-18(26-15)20-16(21-22)12-4-3-7-19-10-12/h3-10H,1-2H3. The van der Waals surface area contributed by atoms with Crippen molar-refractivity contribution >= 4 is 22.4 Å². The molecule has 0 amide bonds. The summed E-state index contributed by atoms with van der Waals surface area (Å²) in [6, 6.07) is 9.13. The molecule has 0 unspecified atom stereocenters. The normalized spacial score (nSPS) is 11.8. The van der Waals surface area contributed by atoms with Gasteiger partial charge in [-0.3, -0.25) is 9.78 Å². The molecule has 0 fully saturated rings. The number of pyridine rings is 1. The highest BCUT2D eigenvalue weighted by Gasteiger charge is 2.12. The topological polar surface area (TPSA) is 78.6 Å². The lowest BCUT2D eigenvalue weighted by atomic mass is 10.2. The van der Waals surface area contributed by atoms with Gasteiger partial charge in [0.05, 0.1) is 18.8 Å². The van der Waals surface area contributed by atoms with Gasteiger partial charge in [0.1, 0.15) is 0 Å². The van der Waals surface area contributed by atoms with Gasteiger partial charge in [0.15, 0.2) is 17.3 Å². The maximum atomic E-state index is 12.6. The van der Waals surface area contributed by atoms with Crippen LogP contribution in [0.1, 0.15) is 5.56 Å². The van der Waals surface area contributed by atoms with Gasteiger partial charge in [-0.1, -0.05) is 17.4 Å². The number of methoxy groups -OCH3 is 2. The van der Waals surface area contributed by atoms with Gasteiger partial charge in [0, 0.05) is 18.0 Å². The fourth-order valence-corrected chi connectivity index (χ4v) is 3.45. The highest BCUT2D eigenvalue weighted by atomic mass is 32.1. The average molecular weight is 366 g/mol. The fraction of sp³-hybridized carbons (Fsp3) is 0.111. The first-order valence-electron chi connectivity index (χ1n) is 7.73. The lowest BCUT2D eigenvalue weighted by Crippen LogP contribution is -2.23. The Labute approximate surface area is 152 Å². The van der Waals surface area contributed by atoms with Crippen LogP contribution in [0.3, 0.4) is 0 Å². The van der Waals surface area contributed by atoms with Gasteiger partial charge in [-0.25, -0.2) is 0 Å². The summed E-state index contributed by atoms with van der Waals surface area (Å²) in [5.41, 5.74) is 1.40. The van der Waals surface area contributed by atoms with Gasteiger partial charge in [-0.05, 0) is 35.9 Å². The quantitative estimate of drug-likeness (QED) is 0.548. The van der Waals surface area contributed by atoms with Crippen molar-refractivity contribution in [2.45, 2.75) is 0 Å². The van der Waals surface area contributed by atoms with Crippen LogP contribution in [0.4, 0.5) is 0 Å². The summed E-state index contributed by atoms with van der Waals surface area (Å²) in [4.78, 5) is 21.6. The number of fused-ring (bicyclic) bond motifs is 1. The Morgan fingerprint density at radius 3 is 2.69 bits per heavy atom. The molecule has 0 N–H and O–H groups in total. The zero-order chi connectivity index (χ0) is 18.1. The molecule has 130 valence electrons. The molecular formula is C18H14N4O3S. The zero-order valence-corrected chi connectivity index (χ0v) is 14.9. The summed E-state index contributed by atoms with van der Waals surface area (Å²) in [7, 11) is 3.15. The van der Waals surface area contributed by atoms with E-state index in [1.807, 2.05) is 18.2 Å². The van der Waals surface area contributed by atoms with E-state index in [1.54, 1.807) is 44.8 Å². The molecule has 0 saturated carbocycles. The first-order chi connectivity index (χ1) is 12.7. The van der Waals surface area contributed by atoms with Crippen LogP contribution in [0.5, 0.6) is 11.5 Å². The van der Waals surface area contributed by atoms with Crippen molar-refractivity contribution in [2.75, 3.05) is 14.2 Å². The Bertz CT molecular complexity index is 1180. The van der Waals surface area contributed by atoms with Crippen LogP contribution < -0.4 is 19.6 Å². The number of benzene rings is 1. The van der Waals surface area contributed by atoms with E-state index in [2.05, 4.69) is 15.1 Å². The Morgan fingerprint density at radius 1 is 1.15 bits per heavy atom. The van der Waals surface area contributed by atoms with E-state index in [0.29, 0.717) is 26.8 Å². The lowest BCUT2D eigenvalue weighted by molar-refractivity contribution is 0.355. The molecule has 4 rings (SSSR count). The van der Waals surface area contributed by atoms with Gasteiger partial charge in [-0.2, -0.15) is 9.50 Å². The molecule has 0 saturated heterocycles. The summed E-state index contributed by atoms with van der Waals surface area (Å²) in [6.07, 6.45) is 5.13. The minimum Gasteiger partial charge on any atom is -0.493 e. The largest absolute Gasteiger partial charge is 0.493 e. The third-order valence-corrected chi connectivity index (χ3v) is 4.77. The minimum absolute atomic E-state index is 0.206. The molecule has 4 aromatic rings. The molecule has 26 heavy (non-hydrogen) atoms. The minimum atomic E-state index is -0.206. The highest BCUT2D eigenvalue weighted by molar-refractivity contribution is 7.15. The van der Waals surface area contributed by atoms with E-state index in [0.717, 1.165) is 11.1 Å². The van der Waals surface area contributed by atoms with E-state index in [4.69, 9.17) is 9.47 Å². The smallest absolute Gasteiger partial charge is 0.291 e. The molecule has 1 aromatic carbocycles. The van der Waals surface area contributed by atoms with Crippen molar-refractivity contribution in [2.24, 2.45) is 0 Å². The van der Waals surface area contributed by atoms with Crippen LogP contribution in [-0.4, -0.2) is 33.8 Å². The van der Waals surface area contributed by atoms with Crippen LogP contribution in [0.25, 0.3) is 22.4 Å². The van der Waals surface area contributed by atoms with Crippen molar-refractivity contribution in [3.05, 3.63) is 63.2 Å². The van der Waals surface area contributed by atoms with Gasteiger partial charge >= 0.3 is 0 Å². The van der Waals surface area contributed by atoms with E-state index in [-0.39, 0.29) is 5.56 Å². The van der Waals surface area contributed by atoms with E-state index >= 15 is 0 Å². The van der Waals surface area contributed by atoms with Crippen molar-refractivity contribution in [1.82, 2.24) is 19.6 Å². The second kappa shape index (κ2) is 6.57. The zero-order valence-electron chi connectivity index (χ0n) is 14.0. The lowest BCUT2D eigenvalue weighted by Gasteiger charge is -2.07. The Hall–Kier alpha value is -3.26. The van der Waals surface area contributed by atoms with E-state index in [9.17, 15) is 4.79 Å². The van der Waals surface area contributed by atoms with Crippen molar-refractivity contribution in [3.63, 3.8) is 0 Å². The monoisotopic (exact) mass is 366 g/mol. The first kappa shape index (κ1) is 16.2. The van der Waals surface area contributed by atoms with Crippen LogP contribution in [0, 0.1) is 0 Å². The molecule has 3 heterocycles. The summed E-state index contributed by atoms with van der Waals surface area (Å²) >= 11 is 1.29. The third kappa shape index (κ3) is 2.80. The number of hydrogen-bond donors (Lipinski definition) is 0. The summed E-state index contributed by atoms with van der Waals surface area (Å²) in [5.74, 6) is 1.72. The van der Waals surface area contributed by atoms with Gasteiger partial charge in [0.25, 0.3) is 5.56 Å². The van der Waals surface area contributed by atoms with Crippen molar-refractivity contribution < 1.29 is 9.47 Å². The summed E-state index contributed by atoms with van der Waals surface area (Å²) < 4.78 is 12.4. The summed E-state index contributed by atoms with van der Waals surface area (Å²) in [6.45, 7) is 0. The molecule has 3 aromatic heterocycles. The number of nitrogens with zero attached hydrogens (tertiary/aromatic N) is 4. The number of hydrogen-bond acceptors (Lipinski definition) is 7. The molecule has 0 atom stereocenters. The van der Waals surface area contributed by atoms with Crippen LogP contribution >= 0.6 is 11.3 Å². The molecule has 0 aliphatic carbocycles. The molecule has 0 spiro atoms. The molecule has 0 aliphatic heterocycles. The Kier molecular flexibility index (Phi) is 4.10. The van der Waals surface area contributed by atoms with Gasteiger partial charge < -0.3 is 9.47 Å². The molecule has 7 nitrogen and oxygen atoms in total. The van der Waals surface area contributed by atoms with E-state index < -0.39 is 0 Å². The molecule has 0 aliphatic rings. The second-order valence-corrected chi connectivity index (χ2v) is 6.41. The molecular weight excluding hydrogens is 352 g/mol. The van der Waals surface area contributed by atoms with E-state index in [1.165, 1.54) is 15.9 Å². The van der Waals surface area contributed by atoms with Crippen LogP contribution in [0.2, 0.25) is 0 Å². The van der Waals surface area contributed by atoms with Gasteiger partial charge in [0.2, 0.25) is 4.96 Å². The fourth-order valence-electron chi connectivity index (χ4n) is 2.55. The second-order valence-electron chi connectivity index (χ2n) is 5.40. The van der Waals surface area contributed by atoms with Crippen molar-refractivity contribution in [3.8, 4) is 22.9 Å². The molecule has 0 radical (unpaired) electrons. The van der Waals surface area contributed by atoms with Crippen molar-refractivity contribution in [1.29, 1.82) is 0 Å².